The summed E-state index contributed by atoms with van der Waals surface area (Å²) >= 11 is 0. The zero-order valence-electron chi connectivity index (χ0n) is 10.7. The molecule has 0 aliphatic rings. The van der Waals surface area contributed by atoms with Gasteiger partial charge in [0.25, 0.3) is 0 Å². The molecule has 0 saturated heterocycles. The van der Waals surface area contributed by atoms with Crippen LogP contribution in [0.3, 0.4) is 0 Å². The molecule has 0 saturated carbocycles. The Balaban J connectivity index is 2.43. The van der Waals surface area contributed by atoms with Gasteiger partial charge in [-0.1, -0.05) is 37.6 Å². The highest BCUT2D eigenvalue weighted by molar-refractivity contribution is 5.38. The normalized spacial score (nSPS) is 10.3. The maximum absolute atomic E-state index is 9.02. The third kappa shape index (κ3) is 2.25. The van der Waals surface area contributed by atoms with Crippen molar-refractivity contribution in [3.63, 3.8) is 0 Å². The summed E-state index contributed by atoms with van der Waals surface area (Å²) in [5.74, 6) is 0. The van der Waals surface area contributed by atoms with Crippen LogP contribution in [0.5, 0.6) is 0 Å². The number of rotatable bonds is 4. The molecule has 1 aromatic carbocycles. The largest absolute Gasteiger partial charge is 0.216 e. The Morgan fingerprint density at radius 1 is 1.22 bits per heavy atom. The molecule has 0 fully saturated rings. The number of hydrogen-bond donors (Lipinski definition) is 0. The van der Waals surface area contributed by atoms with Crippen molar-refractivity contribution in [1.82, 2.24) is 15.0 Å². The molecule has 4 nitrogen and oxygen atoms in total. The van der Waals surface area contributed by atoms with Crippen LogP contribution in [-0.2, 0) is 12.8 Å². The van der Waals surface area contributed by atoms with Crippen LogP contribution >= 0.6 is 0 Å². The highest BCUT2D eigenvalue weighted by Gasteiger charge is 2.12. The Morgan fingerprint density at radius 2 is 1.94 bits per heavy atom. The number of benzene rings is 1. The van der Waals surface area contributed by atoms with Crippen LogP contribution < -0.4 is 0 Å². The summed E-state index contributed by atoms with van der Waals surface area (Å²) in [5, 5.41) is 17.0. The summed E-state index contributed by atoms with van der Waals surface area (Å²) < 4.78 is 1.77. The van der Waals surface area contributed by atoms with Crippen molar-refractivity contribution in [2.75, 3.05) is 0 Å². The molecule has 0 radical (unpaired) electrons. The Bertz CT molecular complexity index is 560. The van der Waals surface area contributed by atoms with E-state index < -0.39 is 0 Å². The Kier molecular flexibility index (Phi) is 3.73. The molecule has 4 heteroatoms. The first kappa shape index (κ1) is 12.3. The summed E-state index contributed by atoms with van der Waals surface area (Å²) in [6.07, 6.45) is 2.80. The van der Waals surface area contributed by atoms with Crippen LogP contribution in [0.15, 0.2) is 24.3 Å². The molecular weight excluding hydrogens is 224 g/mol. The first-order chi connectivity index (χ1) is 8.80. The average molecular weight is 240 g/mol. The lowest BCUT2D eigenvalue weighted by atomic mass is 10.1. The zero-order valence-corrected chi connectivity index (χ0v) is 10.7. The van der Waals surface area contributed by atoms with Crippen molar-refractivity contribution < 1.29 is 0 Å². The molecule has 0 atom stereocenters. The fourth-order valence-electron chi connectivity index (χ4n) is 1.93. The second-order valence-corrected chi connectivity index (χ2v) is 4.18. The standard InChI is InChI=1S/C14H16N4/c1-3-5-14-13(10-15)16-17-18(14)12-8-6-11(4-2)7-9-12/h6-9H,3-5H2,1-2H3. The molecule has 0 aliphatic heterocycles. The van der Waals surface area contributed by atoms with Gasteiger partial charge in [0.05, 0.1) is 11.4 Å². The highest BCUT2D eigenvalue weighted by atomic mass is 15.4. The minimum Gasteiger partial charge on any atom is -0.216 e. The van der Waals surface area contributed by atoms with Crippen LogP contribution in [0.4, 0.5) is 0 Å². The Labute approximate surface area is 107 Å². The van der Waals surface area contributed by atoms with E-state index in [9.17, 15) is 0 Å². The van der Waals surface area contributed by atoms with Gasteiger partial charge in [0.15, 0.2) is 5.69 Å². The third-order valence-electron chi connectivity index (χ3n) is 2.95. The van der Waals surface area contributed by atoms with E-state index in [0.29, 0.717) is 5.69 Å². The van der Waals surface area contributed by atoms with Crippen molar-refractivity contribution in [1.29, 1.82) is 5.26 Å². The molecule has 1 aromatic heterocycles. The summed E-state index contributed by atoms with van der Waals surface area (Å²) in [6.45, 7) is 4.21. The molecule has 0 N–H and O–H groups in total. The SMILES string of the molecule is CCCc1c(C#N)nnn1-c1ccc(CC)cc1. The van der Waals surface area contributed by atoms with E-state index in [2.05, 4.69) is 42.4 Å². The van der Waals surface area contributed by atoms with Crippen LogP contribution in [0.25, 0.3) is 5.69 Å². The highest BCUT2D eigenvalue weighted by Crippen LogP contribution is 2.15. The molecule has 0 aliphatic carbocycles. The third-order valence-corrected chi connectivity index (χ3v) is 2.95. The lowest BCUT2D eigenvalue weighted by Crippen LogP contribution is -2.03. The van der Waals surface area contributed by atoms with Gasteiger partial charge in [0.2, 0.25) is 0 Å². The Hall–Kier alpha value is -2.15. The van der Waals surface area contributed by atoms with E-state index in [4.69, 9.17) is 5.26 Å². The fourth-order valence-corrected chi connectivity index (χ4v) is 1.93. The van der Waals surface area contributed by atoms with E-state index in [1.54, 1.807) is 4.68 Å². The predicted octanol–water partition coefficient (Wildman–Crippen LogP) is 2.65. The summed E-state index contributed by atoms with van der Waals surface area (Å²) in [7, 11) is 0. The molecule has 1 heterocycles. The lowest BCUT2D eigenvalue weighted by molar-refractivity contribution is 0.745. The minimum atomic E-state index is 0.427. The molecule has 0 spiro atoms. The number of aromatic nitrogens is 3. The van der Waals surface area contributed by atoms with Gasteiger partial charge in [0.1, 0.15) is 6.07 Å². The molecular formula is C14H16N4. The lowest BCUT2D eigenvalue weighted by Gasteiger charge is -2.06. The maximum Gasteiger partial charge on any atom is 0.186 e. The fraction of sp³-hybridized carbons (Fsp3) is 0.357. The average Bonchev–Trinajstić information content (AvgIpc) is 2.82. The molecule has 2 aromatic rings. The van der Waals surface area contributed by atoms with Crippen molar-refractivity contribution in [2.45, 2.75) is 33.1 Å². The van der Waals surface area contributed by atoms with Crippen molar-refractivity contribution >= 4 is 0 Å². The first-order valence-electron chi connectivity index (χ1n) is 6.24. The molecule has 0 bridgehead atoms. The maximum atomic E-state index is 9.02. The van der Waals surface area contributed by atoms with Crippen molar-refractivity contribution in [3.05, 3.63) is 41.2 Å². The van der Waals surface area contributed by atoms with E-state index in [1.807, 2.05) is 12.1 Å². The van der Waals surface area contributed by atoms with Crippen LogP contribution in [0.1, 0.15) is 37.2 Å². The van der Waals surface area contributed by atoms with Gasteiger partial charge >= 0.3 is 0 Å². The topological polar surface area (TPSA) is 54.5 Å². The summed E-state index contributed by atoms with van der Waals surface area (Å²) in [5.41, 5.74) is 3.57. The van der Waals surface area contributed by atoms with Gasteiger partial charge in [-0.2, -0.15) is 5.26 Å². The van der Waals surface area contributed by atoms with E-state index in [1.165, 1.54) is 5.56 Å². The number of nitriles is 1. The second-order valence-electron chi connectivity index (χ2n) is 4.18. The first-order valence-corrected chi connectivity index (χ1v) is 6.24. The summed E-state index contributed by atoms with van der Waals surface area (Å²) in [4.78, 5) is 0. The van der Waals surface area contributed by atoms with Crippen molar-refractivity contribution in [3.8, 4) is 11.8 Å². The summed E-state index contributed by atoms with van der Waals surface area (Å²) in [6, 6.07) is 10.3. The van der Waals surface area contributed by atoms with Gasteiger partial charge in [-0.25, -0.2) is 4.68 Å². The van der Waals surface area contributed by atoms with E-state index in [-0.39, 0.29) is 0 Å². The quantitative estimate of drug-likeness (QED) is 0.825. The molecule has 0 unspecified atom stereocenters. The molecule has 92 valence electrons. The molecule has 0 amide bonds. The van der Waals surface area contributed by atoms with Crippen molar-refractivity contribution in [2.24, 2.45) is 0 Å². The molecule has 18 heavy (non-hydrogen) atoms. The van der Waals surface area contributed by atoms with Crippen LogP contribution in [0.2, 0.25) is 0 Å². The zero-order chi connectivity index (χ0) is 13.0. The van der Waals surface area contributed by atoms with Gasteiger partial charge in [0, 0.05) is 0 Å². The van der Waals surface area contributed by atoms with Gasteiger partial charge in [-0.05, 0) is 30.5 Å². The van der Waals surface area contributed by atoms with Gasteiger partial charge < -0.3 is 0 Å². The second kappa shape index (κ2) is 5.46. The van der Waals surface area contributed by atoms with Gasteiger partial charge in [-0.3, -0.25) is 0 Å². The van der Waals surface area contributed by atoms with Crippen LogP contribution in [-0.4, -0.2) is 15.0 Å². The number of hydrogen-bond acceptors (Lipinski definition) is 3. The van der Waals surface area contributed by atoms with E-state index >= 15 is 0 Å². The van der Waals surface area contributed by atoms with E-state index in [0.717, 1.165) is 30.6 Å². The smallest absolute Gasteiger partial charge is 0.186 e. The van der Waals surface area contributed by atoms with Crippen LogP contribution in [0, 0.1) is 11.3 Å². The predicted molar refractivity (Wildman–Crippen MR) is 69.4 cm³/mol. The minimum absolute atomic E-state index is 0.427. The number of aryl methyl sites for hydroxylation is 1. The van der Waals surface area contributed by atoms with Gasteiger partial charge in [-0.15, -0.1) is 5.10 Å². The monoisotopic (exact) mass is 240 g/mol. The number of nitrogens with zero attached hydrogens (tertiary/aromatic N) is 4. The Morgan fingerprint density at radius 3 is 2.50 bits per heavy atom. The molecule has 2 rings (SSSR count).